The summed E-state index contributed by atoms with van der Waals surface area (Å²) in [6.45, 7) is 2.71. The molecule has 0 aliphatic carbocycles. The van der Waals surface area contributed by atoms with Gasteiger partial charge in [0.15, 0.2) is 5.96 Å². The fraction of sp³-hybridized carbons (Fsp3) is 0.250. The number of nitrogens with zero attached hydrogens (tertiary/aromatic N) is 1. The smallest absolute Gasteiger partial charge is 0.193 e. The summed E-state index contributed by atoms with van der Waals surface area (Å²) in [7, 11) is 0. The Bertz CT molecular complexity index is 333. The third-order valence-electron chi connectivity index (χ3n) is 1.86. The second kappa shape index (κ2) is 9.21. The van der Waals surface area contributed by atoms with Crippen LogP contribution in [-0.2, 0) is 0 Å². The molecular weight excluding hydrogens is 313 g/mol. The van der Waals surface area contributed by atoms with E-state index in [9.17, 15) is 0 Å². The van der Waals surface area contributed by atoms with Crippen molar-refractivity contribution < 1.29 is 0 Å². The molecule has 1 rings (SSSR count). The van der Waals surface area contributed by atoms with E-state index in [0.717, 1.165) is 18.7 Å². The summed E-state index contributed by atoms with van der Waals surface area (Å²) >= 11 is 0. The molecule has 3 nitrogen and oxygen atoms in total. The van der Waals surface area contributed by atoms with Crippen molar-refractivity contribution in [2.45, 2.75) is 13.3 Å². The van der Waals surface area contributed by atoms with Crippen LogP contribution in [0.1, 0.15) is 13.3 Å². The van der Waals surface area contributed by atoms with E-state index in [-0.39, 0.29) is 24.0 Å². The number of hydrogen-bond acceptors (Lipinski definition) is 1. The molecule has 4 heteroatoms. The predicted molar refractivity (Wildman–Crippen MR) is 81.4 cm³/mol. The number of rotatable bonds is 4. The minimum Gasteiger partial charge on any atom is -0.370 e. The van der Waals surface area contributed by atoms with E-state index in [1.54, 1.807) is 0 Å². The molecule has 1 aromatic carbocycles. The van der Waals surface area contributed by atoms with Crippen LogP contribution in [-0.4, -0.2) is 12.5 Å². The maximum atomic E-state index is 5.70. The molecule has 0 bridgehead atoms. The second-order valence-corrected chi connectivity index (χ2v) is 3.12. The van der Waals surface area contributed by atoms with Crippen molar-refractivity contribution in [3.8, 4) is 0 Å². The van der Waals surface area contributed by atoms with Crippen LogP contribution in [0.5, 0.6) is 0 Å². The maximum absolute atomic E-state index is 5.70. The summed E-state index contributed by atoms with van der Waals surface area (Å²) in [6, 6.07) is 9.78. The minimum atomic E-state index is 0. The molecule has 0 aromatic heterocycles. The van der Waals surface area contributed by atoms with Gasteiger partial charge in [-0.1, -0.05) is 30.4 Å². The number of guanidine groups is 1. The van der Waals surface area contributed by atoms with Crippen molar-refractivity contribution in [3.05, 3.63) is 42.5 Å². The summed E-state index contributed by atoms with van der Waals surface area (Å²) < 4.78 is 0. The van der Waals surface area contributed by atoms with Crippen LogP contribution in [0.3, 0.4) is 0 Å². The van der Waals surface area contributed by atoms with E-state index in [1.165, 1.54) is 0 Å². The number of benzene rings is 1. The molecular formula is C12H18IN3. The Labute approximate surface area is 114 Å². The quantitative estimate of drug-likeness (QED) is 0.293. The number of nitrogens with one attached hydrogen (secondary N) is 1. The van der Waals surface area contributed by atoms with Gasteiger partial charge in [0.05, 0.1) is 0 Å². The highest BCUT2D eigenvalue weighted by Gasteiger charge is 1.91. The van der Waals surface area contributed by atoms with E-state index in [2.05, 4.69) is 16.4 Å². The van der Waals surface area contributed by atoms with Crippen LogP contribution in [0, 0.1) is 0 Å². The Morgan fingerprint density at radius 1 is 1.38 bits per heavy atom. The summed E-state index contributed by atoms with van der Waals surface area (Å²) in [4.78, 5) is 4.19. The van der Waals surface area contributed by atoms with E-state index in [0.29, 0.717) is 5.96 Å². The lowest BCUT2D eigenvalue weighted by atomic mass is 10.3. The number of para-hydroxylation sites is 1. The van der Waals surface area contributed by atoms with Gasteiger partial charge in [0.1, 0.15) is 0 Å². The van der Waals surface area contributed by atoms with Crippen LogP contribution in [0.4, 0.5) is 5.69 Å². The monoisotopic (exact) mass is 331 g/mol. The second-order valence-electron chi connectivity index (χ2n) is 3.12. The third kappa shape index (κ3) is 6.44. The average molecular weight is 331 g/mol. The maximum Gasteiger partial charge on any atom is 0.193 e. The molecule has 16 heavy (non-hydrogen) atoms. The van der Waals surface area contributed by atoms with Gasteiger partial charge in [-0.2, -0.15) is 0 Å². The Balaban J connectivity index is 0.00000225. The summed E-state index contributed by atoms with van der Waals surface area (Å²) in [5.41, 5.74) is 6.67. The molecule has 0 saturated carbocycles. The van der Waals surface area contributed by atoms with Crippen LogP contribution < -0.4 is 11.1 Å². The SMILES string of the molecule is CC=CCCN=C(N)Nc1ccccc1.I. The van der Waals surface area contributed by atoms with Gasteiger partial charge in [-0.25, -0.2) is 0 Å². The standard InChI is InChI=1S/C12H17N3.HI/c1-2-3-7-10-14-12(13)15-11-8-5-4-6-9-11;/h2-6,8-9H,7,10H2,1H3,(H3,13,14,15);1H. The Morgan fingerprint density at radius 3 is 2.69 bits per heavy atom. The van der Waals surface area contributed by atoms with Gasteiger partial charge in [0.2, 0.25) is 0 Å². The van der Waals surface area contributed by atoms with Crippen LogP contribution in [0.2, 0.25) is 0 Å². The van der Waals surface area contributed by atoms with Gasteiger partial charge in [-0.3, -0.25) is 4.99 Å². The molecule has 1 aromatic rings. The van der Waals surface area contributed by atoms with E-state index >= 15 is 0 Å². The van der Waals surface area contributed by atoms with Gasteiger partial charge in [0.25, 0.3) is 0 Å². The molecule has 0 unspecified atom stereocenters. The Morgan fingerprint density at radius 2 is 2.06 bits per heavy atom. The van der Waals surface area contributed by atoms with Crippen molar-refractivity contribution in [1.82, 2.24) is 0 Å². The number of hydrogen-bond donors (Lipinski definition) is 2. The molecule has 88 valence electrons. The minimum absolute atomic E-state index is 0. The number of aliphatic imine (C=N–C) groups is 1. The third-order valence-corrected chi connectivity index (χ3v) is 1.86. The molecule has 0 heterocycles. The Hall–Kier alpha value is -1.04. The number of anilines is 1. The van der Waals surface area contributed by atoms with Gasteiger partial charge in [-0.15, -0.1) is 24.0 Å². The first-order valence-electron chi connectivity index (χ1n) is 5.06. The first kappa shape index (κ1) is 15.0. The highest BCUT2D eigenvalue weighted by molar-refractivity contribution is 14.0. The molecule has 0 atom stereocenters. The molecule has 0 aliphatic heterocycles. The van der Waals surface area contributed by atoms with Gasteiger partial charge in [0, 0.05) is 12.2 Å². The zero-order valence-corrected chi connectivity index (χ0v) is 11.7. The predicted octanol–water partition coefficient (Wildman–Crippen LogP) is 3.00. The number of nitrogens with two attached hydrogens (primary N) is 1. The first-order valence-corrected chi connectivity index (χ1v) is 5.06. The van der Waals surface area contributed by atoms with Crippen molar-refractivity contribution in [2.75, 3.05) is 11.9 Å². The first-order chi connectivity index (χ1) is 7.33. The molecule has 3 N–H and O–H groups in total. The fourth-order valence-electron chi connectivity index (χ4n) is 1.14. The fourth-order valence-corrected chi connectivity index (χ4v) is 1.14. The van der Waals surface area contributed by atoms with Crippen molar-refractivity contribution in [3.63, 3.8) is 0 Å². The highest BCUT2D eigenvalue weighted by Crippen LogP contribution is 2.03. The molecule has 0 radical (unpaired) electrons. The van der Waals surface area contributed by atoms with Crippen molar-refractivity contribution in [1.29, 1.82) is 0 Å². The summed E-state index contributed by atoms with van der Waals surface area (Å²) in [5.74, 6) is 0.464. The zero-order chi connectivity index (χ0) is 10.9. The lowest BCUT2D eigenvalue weighted by molar-refractivity contribution is 1.000. The lowest BCUT2D eigenvalue weighted by Crippen LogP contribution is -2.22. The zero-order valence-electron chi connectivity index (χ0n) is 9.39. The molecule has 0 saturated heterocycles. The van der Waals surface area contributed by atoms with Crippen LogP contribution in [0.25, 0.3) is 0 Å². The van der Waals surface area contributed by atoms with Gasteiger partial charge >= 0.3 is 0 Å². The molecule has 0 amide bonds. The van der Waals surface area contributed by atoms with E-state index in [1.807, 2.05) is 43.3 Å². The number of allylic oxidation sites excluding steroid dienone is 1. The number of halogens is 1. The van der Waals surface area contributed by atoms with Crippen LogP contribution >= 0.6 is 24.0 Å². The normalized spacial score (nSPS) is 11.2. The largest absolute Gasteiger partial charge is 0.370 e. The molecule has 0 spiro atoms. The summed E-state index contributed by atoms with van der Waals surface area (Å²) in [5, 5.41) is 3.02. The summed E-state index contributed by atoms with van der Waals surface area (Å²) in [6.07, 6.45) is 5.00. The van der Waals surface area contributed by atoms with Crippen molar-refractivity contribution in [2.24, 2.45) is 10.7 Å². The lowest BCUT2D eigenvalue weighted by Gasteiger charge is -2.04. The van der Waals surface area contributed by atoms with Crippen LogP contribution in [0.15, 0.2) is 47.5 Å². The van der Waals surface area contributed by atoms with E-state index in [4.69, 9.17) is 5.73 Å². The van der Waals surface area contributed by atoms with Crippen molar-refractivity contribution >= 4 is 35.6 Å². The Kier molecular flexibility index (Phi) is 8.61. The van der Waals surface area contributed by atoms with Gasteiger partial charge in [-0.05, 0) is 25.5 Å². The molecule has 0 aliphatic rings. The van der Waals surface area contributed by atoms with Gasteiger partial charge < -0.3 is 11.1 Å². The average Bonchev–Trinajstić information content (AvgIpc) is 2.26. The molecule has 0 fully saturated rings. The van der Waals surface area contributed by atoms with E-state index < -0.39 is 0 Å². The highest BCUT2D eigenvalue weighted by atomic mass is 127. The topological polar surface area (TPSA) is 50.4 Å².